The Bertz CT molecular complexity index is 141. The van der Waals surface area contributed by atoms with Gasteiger partial charge in [-0.3, -0.25) is 9.59 Å². The average molecular weight is 174 g/mol. The van der Waals surface area contributed by atoms with E-state index >= 15 is 0 Å². The zero-order chi connectivity index (χ0) is 9.40. The normalized spacial score (nSPS) is 9.42. The summed E-state index contributed by atoms with van der Waals surface area (Å²) < 4.78 is 0. The van der Waals surface area contributed by atoms with Crippen molar-refractivity contribution in [3.05, 3.63) is 0 Å². The Balaban J connectivity index is 3.01. The van der Waals surface area contributed by atoms with Gasteiger partial charge in [0.1, 0.15) is 0 Å². The first-order valence-corrected chi connectivity index (χ1v) is 3.80. The maximum Gasteiger partial charge on any atom is 0.304 e. The lowest BCUT2D eigenvalue weighted by atomic mass is 10.4. The van der Waals surface area contributed by atoms with Crippen LogP contribution in [0, 0.1) is 0 Å². The zero-order valence-corrected chi connectivity index (χ0v) is 7.09. The molecule has 0 rings (SSSR count). The average Bonchev–Trinajstić information content (AvgIpc) is 1.95. The number of carbonyl (C=O) groups excluding carboxylic acids is 1. The Kier molecular flexibility index (Phi) is 6.00. The zero-order valence-electron chi connectivity index (χ0n) is 7.09. The molecule has 0 bridgehead atoms. The van der Waals surface area contributed by atoms with Gasteiger partial charge in [0.05, 0.1) is 6.42 Å². The summed E-state index contributed by atoms with van der Waals surface area (Å²) in [6.07, 6.45) is 0.111. The van der Waals surface area contributed by atoms with E-state index in [2.05, 4.69) is 10.6 Å². The number of amides is 1. The van der Waals surface area contributed by atoms with Gasteiger partial charge < -0.3 is 15.7 Å². The maximum absolute atomic E-state index is 10.4. The van der Waals surface area contributed by atoms with Gasteiger partial charge in [-0.15, -0.1) is 0 Å². The maximum atomic E-state index is 10.4. The minimum absolute atomic E-state index is 0.0740. The third kappa shape index (κ3) is 8.90. The summed E-state index contributed by atoms with van der Waals surface area (Å²) in [5, 5.41) is 13.7. The lowest BCUT2D eigenvalue weighted by molar-refractivity contribution is -0.136. The first-order valence-electron chi connectivity index (χ1n) is 3.80. The lowest BCUT2D eigenvalue weighted by Gasteiger charge is -2.02. The molecule has 0 aliphatic rings. The van der Waals surface area contributed by atoms with Gasteiger partial charge >= 0.3 is 5.97 Å². The molecule has 0 unspecified atom stereocenters. The fourth-order valence-electron chi connectivity index (χ4n) is 0.647. The molecule has 0 aromatic carbocycles. The predicted octanol–water partition coefficient (Wildman–Crippen LogP) is -0.813. The quantitative estimate of drug-likeness (QED) is 0.460. The highest BCUT2D eigenvalue weighted by Crippen LogP contribution is 1.73. The highest BCUT2D eigenvalue weighted by molar-refractivity contribution is 5.72. The summed E-state index contributed by atoms with van der Waals surface area (Å²) in [6, 6.07) is 0. The van der Waals surface area contributed by atoms with E-state index in [0.717, 1.165) is 0 Å². The third-order valence-corrected chi connectivity index (χ3v) is 1.19. The van der Waals surface area contributed by atoms with Crippen LogP contribution in [0.3, 0.4) is 0 Å². The van der Waals surface area contributed by atoms with Crippen LogP contribution in [0.2, 0.25) is 0 Å². The van der Waals surface area contributed by atoms with Crippen molar-refractivity contribution in [2.75, 3.05) is 19.6 Å². The van der Waals surface area contributed by atoms with E-state index in [1.165, 1.54) is 6.92 Å². The topological polar surface area (TPSA) is 78.4 Å². The SMILES string of the molecule is CC(=O)NCCNCCC(=O)O. The Hall–Kier alpha value is -1.10. The minimum atomic E-state index is -0.818. The molecule has 70 valence electrons. The van der Waals surface area contributed by atoms with Gasteiger partial charge in [-0.25, -0.2) is 0 Å². The number of carbonyl (C=O) groups is 2. The van der Waals surface area contributed by atoms with Crippen LogP contribution in [-0.4, -0.2) is 36.6 Å². The summed E-state index contributed by atoms with van der Waals surface area (Å²) in [4.78, 5) is 20.4. The Labute approximate surface area is 71.1 Å². The van der Waals surface area contributed by atoms with Crippen LogP contribution in [0.4, 0.5) is 0 Å². The minimum Gasteiger partial charge on any atom is -0.481 e. The number of nitrogens with one attached hydrogen (secondary N) is 2. The molecule has 5 heteroatoms. The van der Waals surface area contributed by atoms with Crippen LogP contribution >= 0.6 is 0 Å². The number of rotatable bonds is 6. The fourth-order valence-corrected chi connectivity index (χ4v) is 0.647. The van der Waals surface area contributed by atoms with E-state index in [1.54, 1.807) is 0 Å². The van der Waals surface area contributed by atoms with Crippen molar-refractivity contribution in [1.29, 1.82) is 0 Å². The van der Waals surface area contributed by atoms with Crippen molar-refractivity contribution in [1.82, 2.24) is 10.6 Å². The van der Waals surface area contributed by atoms with E-state index in [0.29, 0.717) is 19.6 Å². The molecular formula is C7H14N2O3. The van der Waals surface area contributed by atoms with Crippen LogP contribution in [0.5, 0.6) is 0 Å². The van der Waals surface area contributed by atoms with Crippen molar-refractivity contribution >= 4 is 11.9 Å². The van der Waals surface area contributed by atoms with E-state index in [4.69, 9.17) is 5.11 Å². The molecule has 0 aromatic heterocycles. The van der Waals surface area contributed by atoms with Crippen LogP contribution in [0.1, 0.15) is 13.3 Å². The summed E-state index contributed by atoms with van der Waals surface area (Å²) in [6.45, 7) is 3.02. The largest absolute Gasteiger partial charge is 0.481 e. The van der Waals surface area contributed by atoms with Crippen LogP contribution in [0.15, 0.2) is 0 Å². The Morgan fingerprint density at radius 2 is 1.92 bits per heavy atom. The molecule has 0 spiro atoms. The van der Waals surface area contributed by atoms with Crippen LogP contribution in [-0.2, 0) is 9.59 Å². The monoisotopic (exact) mass is 174 g/mol. The van der Waals surface area contributed by atoms with Crippen molar-refractivity contribution < 1.29 is 14.7 Å². The molecule has 0 radical (unpaired) electrons. The number of carboxylic acids is 1. The number of carboxylic acid groups (broad SMARTS) is 1. The predicted molar refractivity (Wildman–Crippen MR) is 43.8 cm³/mol. The molecule has 0 atom stereocenters. The molecule has 0 saturated carbocycles. The van der Waals surface area contributed by atoms with Gasteiger partial charge in [-0.1, -0.05) is 0 Å². The molecule has 0 saturated heterocycles. The van der Waals surface area contributed by atoms with Gasteiger partial charge in [0.25, 0.3) is 0 Å². The molecule has 0 aliphatic heterocycles. The van der Waals surface area contributed by atoms with E-state index in [1.807, 2.05) is 0 Å². The second-order valence-electron chi connectivity index (χ2n) is 2.38. The molecule has 0 aromatic rings. The fraction of sp³-hybridized carbons (Fsp3) is 0.714. The standard InChI is InChI=1S/C7H14N2O3/c1-6(10)9-5-4-8-3-2-7(11)12/h8H,2-5H2,1H3,(H,9,10)(H,11,12). The second-order valence-corrected chi connectivity index (χ2v) is 2.38. The molecule has 0 fully saturated rings. The molecule has 0 heterocycles. The summed E-state index contributed by atoms with van der Waals surface area (Å²) >= 11 is 0. The van der Waals surface area contributed by atoms with Crippen LogP contribution < -0.4 is 10.6 Å². The summed E-state index contributed by atoms with van der Waals surface area (Å²) in [7, 11) is 0. The van der Waals surface area contributed by atoms with Crippen molar-refractivity contribution in [3.63, 3.8) is 0 Å². The van der Waals surface area contributed by atoms with Crippen LogP contribution in [0.25, 0.3) is 0 Å². The van der Waals surface area contributed by atoms with E-state index < -0.39 is 5.97 Å². The number of aliphatic carboxylic acids is 1. The van der Waals surface area contributed by atoms with E-state index in [-0.39, 0.29) is 12.3 Å². The Morgan fingerprint density at radius 3 is 2.42 bits per heavy atom. The smallest absolute Gasteiger partial charge is 0.304 e. The number of hydrogen-bond acceptors (Lipinski definition) is 3. The molecular weight excluding hydrogens is 160 g/mol. The summed E-state index contributed by atoms with van der Waals surface area (Å²) in [5.41, 5.74) is 0. The van der Waals surface area contributed by atoms with Gasteiger partial charge in [0.2, 0.25) is 5.91 Å². The first-order chi connectivity index (χ1) is 5.63. The van der Waals surface area contributed by atoms with Gasteiger partial charge in [0.15, 0.2) is 0 Å². The van der Waals surface area contributed by atoms with Crippen molar-refractivity contribution in [2.45, 2.75) is 13.3 Å². The Morgan fingerprint density at radius 1 is 1.25 bits per heavy atom. The van der Waals surface area contributed by atoms with Gasteiger partial charge in [-0.05, 0) is 0 Å². The molecule has 3 N–H and O–H groups in total. The number of hydrogen-bond donors (Lipinski definition) is 3. The van der Waals surface area contributed by atoms with Gasteiger partial charge in [-0.2, -0.15) is 0 Å². The molecule has 5 nitrogen and oxygen atoms in total. The molecule has 12 heavy (non-hydrogen) atoms. The van der Waals surface area contributed by atoms with E-state index in [9.17, 15) is 9.59 Å². The second kappa shape index (κ2) is 6.60. The van der Waals surface area contributed by atoms with Crippen molar-refractivity contribution in [2.24, 2.45) is 0 Å². The highest BCUT2D eigenvalue weighted by Gasteiger charge is 1.94. The van der Waals surface area contributed by atoms with Gasteiger partial charge in [0, 0.05) is 26.6 Å². The molecule has 0 aliphatic carbocycles. The summed E-state index contributed by atoms with van der Waals surface area (Å²) in [5.74, 6) is -0.892. The lowest BCUT2D eigenvalue weighted by Crippen LogP contribution is -2.31. The van der Waals surface area contributed by atoms with Crippen molar-refractivity contribution in [3.8, 4) is 0 Å². The highest BCUT2D eigenvalue weighted by atomic mass is 16.4. The molecule has 1 amide bonds. The third-order valence-electron chi connectivity index (χ3n) is 1.19. The first kappa shape index (κ1) is 10.9.